The molecule has 13 atom stereocenters. The van der Waals surface area contributed by atoms with Crippen LogP contribution in [0, 0.1) is 34.5 Å². The summed E-state index contributed by atoms with van der Waals surface area (Å²) in [5, 5.41) is 0. The molecule has 13 unspecified atom stereocenters. The number of rotatable bonds is 12. The van der Waals surface area contributed by atoms with Gasteiger partial charge in [-0.1, -0.05) is 12.1 Å². The van der Waals surface area contributed by atoms with Gasteiger partial charge in [0, 0.05) is 132 Å². The fourth-order valence-corrected chi connectivity index (χ4v) is 19.8. The molecule has 12 nitrogen and oxygen atoms in total. The summed E-state index contributed by atoms with van der Waals surface area (Å²) in [5.74, 6) is 2.89. The van der Waals surface area contributed by atoms with Crippen LogP contribution in [0.15, 0.2) is 24.3 Å². The molecule has 2 saturated heterocycles. The van der Waals surface area contributed by atoms with E-state index < -0.39 is 23.0 Å². The molecule has 0 aromatic heterocycles. The molecule has 4 N–H and O–H groups in total. The van der Waals surface area contributed by atoms with Crippen molar-refractivity contribution in [3.63, 3.8) is 0 Å². The molecule has 70 heavy (non-hydrogen) atoms. The maximum Gasteiger partial charge on any atom is 0.252 e. The summed E-state index contributed by atoms with van der Waals surface area (Å²) in [4.78, 5) is 27.9. The standard InChI is InChI=1S/C29H40N2O4.C28H38N2O4.Y/c1-26(2,33-4)20-15-27-10-11-29(20,34-5)25-28(27)12-13-31(3,16-17-6-7-17)21(27)14-18-8-9-19(24(30)32)23(35-25)22(18)28;1-25(2,32-3)19-14-26-9-10-28(19,33-4)24-27(26)11-12-30(15-16-5-6-16)20(26)13-17-7-8-18(23(29)31)22(34-24)21(17)27;/h8-9,17,20-21,25H,6-7,10-16H2,1-5H3,(H-,30,32);7-8,16,19-20,24H,5-6,9-15H2,1-4H3,(H2,29,31);/p+1. The molecule has 2 aromatic rings. The topological polar surface area (TPSA) is 145 Å². The molecule has 377 valence electrons. The minimum absolute atomic E-state index is 0. The first kappa shape index (κ1) is 48.8. The van der Waals surface area contributed by atoms with E-state index in [9.17, 15) is 9.59 Å². The van der Waals surface area contributed by atoms with E-state index in [1.165, 1.54) is 72.1 Å². The van der Waals surface area contributed by atoms with E-state index >= 15 is 0 Å². The van der Waals surface area contributed by atoms with Crippen molar-refractivity contribution in [3.8, 4) is 11.5 Å². The summed E-state index contributed by atoms with van der Waals surface area (Å²) in [5.41, 5.74) is 16.6. The number of quaternary nitrogens is 1. The molecule has 4 aliphatic heterocycles. The first-order chi connectivity index (χ1) is 32.8. The number of likely N-dealkylation sites (N-methyl/N-ethyl adjacent to an activating group) is 1. The number of hydrogen-bond acceptors (Lipinski definition) is 9. The van der Waals surface area contributed by atoms with Gasteiger partial charge in [0.05, 0.1) is 53.9 Å². The summed E-state index contributed by atoms with van der Waals surface area (Å²) in [6.45, 7) is 13.7. The van der Waals surface area contributed by atoms with Crippen LogP contribution in [0.5, 0.6) is 11.5 Å². The summed E-state index contributed by atoms with van der Waals surface area (Å²) in [6.07, 6.45) is 15.9. The molecular formula is C57H79N4O8Y+. The normalized spacial score (nSPS) is 42.6. The van der Waals surface area contributed by atoms with Gasteiger partial charge in [0.25, 0.3) is 11.8 Å². The number of benzene rings is 2. The van der Waals surface area contributed by atoms with E-state index in [0.717, 1.165) is 94.1 Å². The Hall–Kier alpha value is -2.16. The van der Waals surface area contributed by atoms with Crippen molar-refractivity contribution in [1.82, 2.24) is 4.90 Å². The second kappa shape index (κ2) is 15.5. The second-order valence-electron chi connectivity index (χ2n) is 26.1. The Morgan fingerprint density at radius 1 is 0.700 bits per heavy atom. The van der Waals surface area contributed by atoms with Gasteiger partial charge in [-0.3, -0.25) is 14.5 Å². The van der Waals surface area contributed by atoms with Gasteiger partial charge in [-0.15, -0.1) is 0 Å². The Kier molecular flexibility index (Phi) is 10.8. The summed E-state index contributed by atoms with van der Waals surface area (Å²) in [6, 6.07) is 9.23. The van der Waals surface area contributed by atoms with Gasteiger partial charge in [0.15, 0.2) is 0 Å². The van der Waals surface area contributed by atoms with Gasteiger partial charge in [-0.25, -0.2) is 0 Å². The van der Waals surface area contributed by atoms with E-state index in [0.29, 0.717) is 23.2 Å². The molecule has 14 aliphatic rings. The maximum atomic E-state index is 12.6. The minimum Gasteiger partial charge on any atom is -0.485 e. The number of amides is 2. The maximum absolute atomic E-state index is 12.6. The fourth-order valence-electron chi connectivity index (χ4n) is 19.8. The number of nitrogens with two attached hydrogens (primary N) is 2. The van der Waals surface area contributed by atoms with Gasteiger partial charge in [0.2, 0.25) is 0 Å². The number of fused-ring (bicyclic) bond motifs is 4. The summed E-state index contributed by atoms with van der Waals surface area (Å²) >= 11 is 0. The Morgan fingerprint density at radius 2 is 1.20 bits per heavy atom. The molecule has 8 bridgehead atoms. The van der Waals surface area contributed by atoms with Crippen LogP contribution in [-0.4, -0.2) is 130 Å². The second-order valence-corrected chi connectivity index (χ2v) is 26.1. The van der Waals surface area contributed by atoms with Crippen LogP contribution in [0.3, 0.4) is 0 Å². The molecule has 4 spiro atoms. The van der Waals surface area contributed by atoms with Gasteiger partial charge in [-0.2, -0.15) is 0 Å². The predicted molar refractivity (Wildman–Crippen MR) is 260 cm³/mol. The van der Waals surface area contributed by atoms with Crippen LogP contribution in [0.25, 0.3) is 0 Å². The van der Waals surface area contributed by atoms with Crippen LogP contribution in [0.1, 0.15) is 148 Å². The smallest absolute Gasteiger partial charge is 0.252 e. The number of primary amides is 2. The first-order valence-electron chi connectivity index (χ1n) is 26.9. The van der Waals surface area contributed by atoms with E-state index in [1.807, 2.05) is 40.6 Å². The average molecular weight is 1040 g/mol. The molecule has 8 saturated carbocycles. The number of nitrogens with zero attached hydrogens (tertiary/aromatic N) is 2. The Balaban J connectivity index is 0.000000142. The Bertz CT molecular complexity index is 2560. The average Bonchev–Trinajstić information content (AvgIpc) is 4.27. The van der Waals surface area contributed by atoms with E-state index in [2.05, 4.69) is 51.8 Å². The zero-order valence-corrected chi connectivity index (χ0v) is 46.4. The quantitative estimate of drug-likeness (QED) is 0.215. The molecule has 1 radical (unpaired) electrons. The number of likely N-dealkylation sites (tertiary alicyclic amines) is 2. The van der Waals surface area contributed by atoms with Gasteiger partial charge < -0.3 is 44.4 Å². The van der Waals surface area contributed by atoms with Crippen molar-refractivity contribution in [2.24, 2.45) is 46.0 Å². The van der Waals surface area contributed by atoms with Crippen LogP contribution in [0.2, 0.25) is 0 Å². The molecule has 13 heteroatoms. The SMILES string of the molecule is COC(C)(C)C1CC23CCC1(OC)C1Oc4c(C(N)=O)ccc5c4C12CCN(CC1CC1)C3C5.COC(C)(C)C1CC23CCC1(OC)C1Oc4c(C(N)=O)ccc5c4C12CC[N+](C)(CC1CC1)C3C5.[Y]. The summed E-state index contributed by atoms with van der Waals surface area (Å²) in [7, 11) is 9.93. The van der Waals surface area contributed by atoms with Gasteiger partial charge in [-0.05, 0) is 140 Å². The van der Waals surface area contributed by atoms with Crippen LogP contribution in [-0.2, 0) is 75.3 Å². The van der Waals surface area contributed by atoms with Crippen molar-refractivity contribution in [1.29, 1.82) is 0 Å². The van der Waals surface area contributed by atoms with Crippen LogP contribution < -0.4 is 20.9 Å². The van der Waals surface area contributed by atoms with Crippen LogP contribution >= 0.6 is 0 Å². The number of carbonyl (C=O) groups excluding carboxylic acids is 2. The van der Waals surface area contributed by atoms with Gasteiger partial charge >= 0.3 is 0 Å². The number of piperidine rings is 2. The van der Waals surface area contributed by atoms with Crippen molar-refractivity contribution in [3.05, 3.63) is 57.6 Å². The molecule has 2 aromatic carbocycles. The number of methoxy groups -OCH3 is 4. The predicted octanol–water partition coefficient (Wildman–Crippen LogP) is 7.01. The number of ether oxygens (including phenoxy) is 6. The van der Waals surface area contributed by atoms with Gasteiger partial charge in [0.1, 0.15) is 34.9 Å². The molecule has 10 fully saturated rings. The third-order valence-electron chi connectivity index (χ3n) is 23.3. The number of hydrogen-bond donors (Lipinski definition) is 2. The third kappa shape index (κ3) is 5.73. The zero-order valence-electron chi connectivity index (χ0n) is 43.5. The molecule has 10 aliphatic carbocycles. The third-order valence-corrected chi connectivity index (χ3v) is 23.3. The molecule has 16 rings (SSSR count). The molecule has 2 amide bonds. The molecular weight excluding hydrogens is 958 g/mol. The first-order valence-corrected chi connectivity index (χ1v) is 26.9. The Labute approximate surface area is 441 Å². The van der Waals surface area contributed by atoms with Crippen molar-refractivity contribution in [2.45, 2.75) is 175 Å². The van der Waals surface area contributed by atoms with Crippen molar-refractivity contribution < 1.29 is 75.2 Å². The summed E-state index contributed by atoms with van der Waals surface area (Å²) < 4.78 is 40.7. The largest absolute Gasteiger partial charge is 0.485 e. The van der Waals surface area contributed by atoms with Crippen molar-refractivity contribution in [2.75, 3.05) is 61.7 Å². The van der Waals surface area contributed by atoms with Crippen molar-refractivity contribution >= 4 is 11.8 Å². The molecule has 4 heterocycles. The monoisotopic (exact) mass is 1040 g/mol. The fraction of sp³-hybridized carbons (Fsp3) is 0.754. The van der Waals surface area contributed by atoms with E-state index in [4.69, 9.17) is 39.9 Å². The Morgan fingerprint density at radius 3 is 1.70 bits per heavy atom. The van der Waals surface area contributed by atoms with E-state index in [-0.39, 0.29) is 89.6 Å². The number of carbonyl (C=O) groups is 2. The van der Waals surface area contributed by atoms with Crippen LogP contribution in [0.4, 0.5) is 0 Å². The minimum atomic E-state index is -0.453. The van der Waals surface area contributed by atoms with E-state index in [1.54, 1.807) is 0 Å². The zero-order chi connectivity index (χ0) is 48.3.